The van der Waals surface area contributed by atoms with Crippen molar-refractivity contribution in [3.05, 3.63) is 74.3 Å². The lowest BCUT2D eigenvalue weighted by Gasteiger charge is -2.34. The molecule has 7 heteroatoms. The summed E-state index contributed by atoms with van der Waals surface area (Å²) in [5.41, 5.74) is 8.65. The molecule has 1 aromatic heterocycles. The molecule has 0 aliphatic carbocycles. The van der Waals surface area contributed by atoms with Crippen LogP contribution in [0, 0.1) is 41.5 Å². The summed E-state index contributed by atoms with van der Waals surface area (Å²) in [6.45, 7) is 14.3. The van der Waals surface area contributed by atoms with Gasteiger partial charge in [-0.2, -0.15) is 4.31 Å². The van der Waals surface area contributed by atoms with Gasteiger partial charge in [0.25, 0.3) is 0 Å². The van der Waals surface area contributed by atoms with E-state index in [1.165, 1.54) is 16.7 Å². The molecule has 5 nitrogen and oxygen atoms in total. The summed E-state index contributed by atoms with van der Waals surface area (Å²) in [5, 5.41) is 3.10. The van der Waals surface area contributed by atoms with Crippen LogP contribution in [0.25, 0.3) is 0 Å². The van der Waals surface area contributed by atoms with Crippen LogP contribution >= 0.6 is 11.3 Å². The third kappa shape index (κ3) is 4.86. The van der Waals surface area contributed by atoms with Gasteiger partial charge in [-0.15, -0.1) is 11.3 Å². The van der Waals surface area contributed by atoms with Crippen LogP contribution in [-0.4, -0.2) is 43.9 Å². The van der Waals surface area contributed by atoms with Crippen molar-refractivity contribution in [3.8, 4) is 0 Å². The minimum absolute atomic E-state index is 0.472. The van der Waals surface area contributed by atoms with E-state index in [0.717, 1.165) is 39.5 Å². The molecule has 1 saturated heterocycles. The van der Waals surface area contributed by atoms with Crippen LogP contribution in [0.1, 0.15) is 44.6 Å². The van der Waals surface area contributed by atoms with Crippen LogP contribution in [0.2, 0.25) is 0 Å². The van der Waals surface area contributed by atoms with Gasteiger partial charge in [0.1, 0.15) is 0 Å². The number of rotatable bonds is 5. The van der Waals surface area contributed by atoms with E-state index in [9.17, 15) is 8.42 Å². The van der Waals surface area contributed by atoms with E-state index in [-0.39, 0.29) is 0 Å². The van der Waals surface area contributed by atoms with E-state index in [1.807, 2.05) is 27.7 Å². The Morgan fingerprint density at radius 2 is 1.42 bits per heavy atom. The van der Waals surface area contributed by atoms with Gasteiger partial charge in [0.15, 0.2) is 5.13 Å². The molecule has 0 amide bonds. The molecule has 4 rings (SSSR count). The zero-order valence-corrected chi connectivity index (χ0v) is 22.0. The Kier molecular flexibility index (Phi) is 6.67. The van der Waals surface area contributed by atoms with Gasteiger partial charge < -0.3 is 4.90 Å². The molecule has 0 atom stereocenters. The first-order chi connectivity index (χ1) is 15.6. The maximum absolute atomic E-state index is 13.5. The van der Waals surface area contributed by atoms with Gasteiger partial charge in [0.05, 0.1) is 10.6 Å². The summed E-state index contributed by atoms with van der Waals surface area (Å²) in [6, 6.07) is 8.68. The van der Waals surface area contributed by atoms with Crippen LogP contribution in [0.4, 0.5) is 5.13 Å². The Morgan fingerprint density at radius 3 is 2.00 bits per heavy atom. The van der Waals surface area contributed by atoms with Gasteiger partial charge in [-0.25, -0.2) is 13.4 Å². The molecule has 33 heavy (non-hydrogen) atoms. The first-order valence-corrected chi connectivity index (χ1v) is 13.7. The van der Waals surface area contributed by atoms with Crippen LogP contribution < -0.4 is 4.90 Å². The smallest absolute Gasteiger partial charge is 0.243 e. The molecule has 1 aliphatic rings. The Bertz CT molecular complexity index is 1240. The predicted octanol–water partition coefficient (Wildman–Crippen LogP) is 5.10. The third-order valence-electron chi connectivity index (χ3n) is 6.61. The number of benzene rings is 2. The van der Waals surface area contributed by atoms with Gasteiger partial charge in [-0.3, -0.25) is 0 Å². The highest BCUT2D eigenvalue weighted by Crippen LogP contribution is 2.30. The lowest BCUT2D eigenvalue weighted by atomic mass is 10.0. The SMILES string of the molecule is Cc1cc(C)cc(Cc2csc(N3CCN(S(=O)(=O)c4c(C)c(C)cc(C)c4C)CC3)n2)c1. The second kappa shape index (κ2) is 9.20. The van der Waals surface area contributed by atoms with Crippen molar-refractivity contribution < 1.29 is 8.42 Å². The van der Waals surface area contributed by atoms with Crippen LogP contribution in [0.15, 0.2) is 34.5 Å². The fraction of sp³-hybridized carbons (Fsp3) is 0.423. The molecular weight excluding hydrogens is 450 g/mol. The first-order valence-electron chi connectivity index (χ1n) is 11.4. The van der Waals surface area contributed by atoms with E-state index in [0.29, 0.717) is 31.1 Å². The fourth-order valence-electron chi connectivity index (χ4n) is 4.72. The fourth-order valence-corrected chi connectivity index (χ4v) is 7.60. The quantitative estimate of drug-likeness (QED) is 0.507. The van der Waals surface area contributed by atoms with Gasteiger partial charge in [0, 0.05) is 38.0 Å². The maximum Gasteiger partial charge on any atom is 0.243 e. The molecule has 2 heterocycles. The van der Waals surface area contributed by atoms with Crippen molar-refractivity contribution in [2.75, 3.05) is 31.1 Å². The van der Waals surface area contributed by atoms with E-state index in [1.54, 1.807) is 15.6 Å². The molecular formula is C26H33N3O2S2. The molecule has 1 aliphatic heterocycles. The second-order valence-electron chi connectivity index (χ2n) is 9.27. The molecule has 176 valence electrons. The van der Waals surface area contributed by atoms with Crippen molar-refractivity contribution >= 4 is 26.5 Å². The first kappa shape index (κ1) is 23.9. The summed E-state index contributed by atoms with van der Waals surface area (Å²) in [6.07, 6.45) is 0.818. The number of aryl methyl sites for hydroxylation is 4. The lowest BCUT2D eigenvalue weighted by molar-refractivity contribution is 0.384. The van der Waals surface area contributed by atoms with Gasteiger partial charge in [-0.05, 0) is 69.4 Å². The minimum atomic E-state index is -3.53. The van der Waals surface area contributed by atoms with Crippen molar-refractivity contribution in [1.29, 1.82) is 0 Å². The number of nitrogens with zero attached hydrogens (tertiary/aromatic N) is 3. The zero-order chi connectivity index (χ0) is 23.9. The molecule has 1 fully saturated rings. The number of hydrogen-bond donors (Lipinski definition) is 0. The maximum atomic E-state index is 13.5. The third-order valence-corrected chi connectivity index (χ3v) is 9.73. The number of hydrogen-bond acceptors (Lipinski definition) is 5. The van der Waals surface area contributed by atoms with E-state index >= 15 is 0 Å². The Labute approximate surface area is 202 Å². The predicted molar refractivity (Wildman–Crippen MR) is 137 cm³/mol. The molecule has 0 unspecified atom stereocenters. The minimum Gasteiger partial charge on any atom is -0.345 e. The average molecular weight is 484 g/mol. The van der Waals surface area contributed by atoms with Crippen molar-refractivity contribution in [3.63, 3.8) is 0 Å². The van der Waals surface area contributed by atoms with Crippen molar-refractivity contribution in [2.24, 2.45) is 0 Å². The molecule has 0 radical (unpaired) electrons. The topological polar surface area (TPSA) is 53.5 Å². The highest BCUT2D eigenvalue weighted by atomic mass is 32.2. The summed E-state index contributed by atoms with van der Waals surface area (Å²) in [4.78, 5) is 7.56. The summed E-state index contributed by atoms with van der Waals surface area (Å²) < 4.78 is 28.7. The van der Waals surface area contributed by atoms with Crippen molar-refractivity contribution in [1.82, 2.24) is 9.29 Å². The van der Waals surface area contributed by atoms with Crippen molar-refractivity contribution in [2.45, 2.75) is 52.9 Å². The summed E-state index contributed by atoms with van der Waals surface area (Å²) >= 11 is 1.64. The monoisotopic (exact) mass is 483 g/mol. The normalized spacial score (nSPS) is 15.3. The van der Waals surface area contributed by atoms with Gasteiger partial charge in [-0.1, -0.05) is 35.4 Å². The molecule has 0 spiro atoms. The second-order valence-corrected chi connectivity index (χ2v) is 12.0. The number of piperazine rings is 1. The van der Waals surface area contributed by atoms with E-state index in [2.05, 4.69) is 48.4 Å². The Morgan fingerprint density at radius 1 is 0.848 bits per heavy atom. The molecule has 2 aromatic carbocycles. The van der Waals surface area contributed by atoms with E-state index < -0.39 is 10.0 Å². The number of aromatic nitrogens is 1. The lowest BCUT2D eigenvalue weighted by Crippen LogP contribution is -2.49. The number of sulfonamides is 1. The molecule has 0 N–H and O–H groups in total. The summed E-state index contributed by atoms with van der Waals surface area (Å²) in [5.74, 6) is 0. The van der Waals surface area contributed by atoms with Crippen LogP contribution in [0.5, 0.6) is 0 Å². The van der Waals surface area contributed by atoms with Crippen LogP contribution in [-0.2, 0) is 16.4 Å². The molecule has 0 saturated carbocycles. The summed E-state index contributed by atoms with van der Waals surface area (Å²) in [7, 11) is -3.53. The van der Waals surface area contributed by atoms with Gasteiger partial charge >= 0.3 is 0 Å². The number of thiazole rings is 1. The Balaban J connectivity index is 1.47. The van der Waals surface area contributed by atoms with Gasteiger partial charge in [0.2, 0.25) is 10.0 Å². The highest BCUT2D eigenvalue weighted by Gasteiger charge is 2.32. The van der Waals surface area contributed by atoms with Crippen LogP contribution in [0.3, 0.4) is 0 Å². The molecule has 3 aromatic rings. The highest BCUT2D eigenvalue weighted by molar-refractivity contribution is 7.89. The largest absolute Gasteiger partial charge is 0.345 e. The average Bonchev–Trinajstić information content (AvgIpc) is 3.20. The molecule has 0 bridgehead atoms. The zero-order valence-electron chi connectivity index (χ0n) is 20.4. The van der Waals surface area contributed by atoms with E-state index in [4.69, 9.17) is 4.98 Å². The Hall–Kier alpha value is -2.22. The standard InChI is InChI=1S/C26H33N3O2S2/c1-17-11-18(2)13-23(12-17)15-24-16-32-26(27-24)28-7-9-29(10-8-28)33(30,31)25-21(5)19(3)14-20(4)22(25)6/h11-14,16H,7-10,15H2,1-6H3. The number of anilines is 1.